The third kappa shape index (κ3) is 5.67. The summed E-state index contributed by atoms with van der Waals surface area (Å²) in [5.74, 6) is 0.619. The molecule has 0 unspecified atom stereocenters. The molecule has 0 spiro atoms. The van der Waals surface area contributed by atoms with E-state index in [1.54, 1.807) is 12.1 Å². The number of halogens is 1. The highest BCUT2D eigenvalue weighted by atomic mass is 19.1. The second-order valence-electron chi connectivity index (χ2n) is 8.09. The van der Waals surface area contributed by atoms with E-state index >= 15 is 4.39 Å². The van der Waals surface area contributed by atoms with Crippen molar-refractivity contribution >= 4 is 0 Å². The van der Waals surface area contributed by atoms with Crippen molar-refractivity contribution in [1.82, 2.24) is 0 Å². The summed E-state index contributed by atoms with van der Waals surface area (Å²) in [6.07, 6.45) is 10.3. The highest BCUT2D eigenvalue weighted by Gasteiger charge is 2.19. The lowest BCUT2D eigenvalue weighted by Gasteiger charge is -2.27. The molecule has 0 N–H and O–H groups in total. The van der Waals surface area contributed by atoms with E-state index in [4.69, 9.17) is 5.48 Å². The lowest BCUT2D eigenvalue weighted by molar-refractivity contribution is 0.259. The first kappa shape index (κ1) is 15.3. The van der Waals surface area contributed by atoms with Crippen LogP contribution in [0, 0.1) is 17.7 Å². The van der Waals surface area contributed by atoms with Crippen LogP contribution in [0.25, 0.3) is 11.1 Å². The third-order valence-corrected chi connectivity index (χ3v) is 6.13. The standard InChI is InChI=1S/C26H35F/c1-3-5-6-21-13-16-24(17-14-21)25-18-15-23(19-26(25)27)12-11-22-9-7-20(4-2)8-10-22/h13-20,22H,3-12H2,1-2H3/i15D,16D,18D,19D. The molecule has 0 aromatic heterocycles. The molecule has 2 aromatic carbocycles. The Balaban J connectivity index is 1.83. The van der Waals surface area contributed by atoms with E-state index in [0.717, 1.165) is 37.2 Å². The maximum Gasteiger partial charge on any atom is 0.131 e. The molecule has 146 valence electrons. The van der Waals surface area contributed by atoms with Crippen molar-refractivity contribution in [3.05, 3.63) is 59.3 Å². The van der Waals surface area contributed by atoms with Crippen molar-refractivity contribution in [3.63, 3.8) is 0 Å². The smallest absolute Gasteiger partial charge is 0.131 e. The maximum absolute atomic E-state index is 15.3. The van der Waals surface area contributed by atoms with E-state index in [0.29, 0.717) is 23.5 Å². The largest absolute Gasteiger partial charge is 0.206 e. The zero-order valence-corrected chi connectivity index (χ0v) is 16.8. The topological polar surface area (TPSA) is 0 Å². The van der Waals surface area contributed by atoms with Gasteiger partial charge in [0.1, 0.15) is 5.82 Å². The molecule has 1 aliphatic rings. The zero-order chi connectivity index (χ0) is 22.5. The number of hydrogen-bond donors (Lipinski definition) is 0. The highest BCUT2D eigenvalue weighted by molar-refractivity contribution is 5.64. The lowest BCUT2D eigenvalue weighted by Crippen LogP contribution is -2.14. The van der Waals surface area contributed by atoms with Gasteiger partial charge in [-0.1, -0.05) is 88.7 Å². The van der Waals surface area contributed by atoms with Crippen LogP contribution in [0.15, 0.2) is 42.4 Å². The molecular weight excluding hydrogens is 331 g/mol. The van der Waals surface area contributed by atoms with E-state index in [2.05, 4.69) is 13.8 Å². The number of unbranched alkanes of at least 4 members (excludes halogenated alkanes) is 1. The SMILES string of the molecule is [2H]c1cc(CCCC)ccc1-c1c([2H])c([2H])c(CCC2CCC(CC)CC2)c([2H])c1F. The first-order valence-electron chi connectivity index (χ1n) is 12.7. The Labute approximate surface area is 170 Å². The van der Waals surface area contributed by atoms with Crippen molar-refractivity contribution in [2.24, 2.45) is 11.8 Å². The van der Waals surface area contributed by atoms with Crippen LogP contribution in [0.4, 0.5) is 4.39 Å². The second-order valence-corrected chi connectivity index (χ2v) is 8.09. The van der Waals surface area contributed by atoms with Crippen LogP contribution >= 0.6 is 0 Å². The molecule has 1 fully saturated rings. The summed E-state index contributed by atoms with van der Waals surface area (Å²) >= 11 is 0. The summed E-state index contributed by atoms with van der Waals surface area (Å²) in [5.41, 5.74) is 1.59. The molecule has 0 heterocycles. The zero-order valence-electron chi connectivity index (χ0n) is 20.8. The van der Waals surface area contributed by atoms with E-state index < -0.39 is 5.82 Å². The summed E-state index contributed by atoms with van der Waals surface area (Å²) in [4.78, 5) is 0. The number of benzene rings is 2. The Morgan fingerprint density at radius 1 is 0.926 bits per heavy atom. The van der Waals surface area contributed by atoms with Crippen LogP contribution in [-0.4, -0.2) is 0 Å². The summed E-state index contributed by atoms with van der Waals surface area (Å²) in [5, 5.41) is 0. The fraction of sp³-hybridized carbons (Fsp3) is 0.538. The molecule has 0 atom stereocenters. The van der Waals surface area contributed by atoms with Gasteiger partial charge in [0.2, 0.25) is 0 Å². The van der Waals surface area contributed by atoms with Crippen LogP contribution in [0.1, 0.15) is 81.8 Å². The summed E-state index contributed by atoms with van der Waals surface area (Å²) in [6.45, 7) is 4.35. The number of rotatable bonds is 8. The van der Waals surface area contributed by atoms with Gasteiger partial charge in [-0.05, 0) is 60.3 Å². The normalized spacial score (nSPS) is 22.0. The van der Waals surface area contributed by atoms with Gasteiger partial charge in [0.15, 0.2) is 0 Å². The number of aryl methyl sites for hydroxylation is 1. The fourth-order valence-electron chi connectivity index (χ4n) is 4.16. The predicted octanol–water partition coefficient (Wildman–Crippen LogP) is 7.98. The summed E-state index contributed by atoms with van der Waals surface area (Å²) < 4.78 is 48.9. The van der Waals surface area contributed by atoms with Gasteiger partial charge < -0.3 is 0 Å². The Morgan fingerprint density at radius 3 is 2.41 bits per heavy atom. The molecule has 0 bridgehead atoms. The Kier molecular flexibility index (Phi) is 5.71. The van der Waals surface area contributed by atoms with Crippen molar-refractivity contribution in [2.45, 2.75) is 78.1 Å². The molecule has 0 radical (unpaired) electrons. The first-order chi connectivity index (χ1) is 14.9. The summed E-state index contributed by atoms with van der Waals surface area (Å²) in [6, 6.07) is 4.89. The second kappa shape index (κ2) is 10.1. The van der Waals surface area contributed by atoms with Gasteiger partial charge in [0.05, 0.1) is 5.48 Å². The van der Waals surface area contributed by atoms with Crippen LogP contribution < -0.4 is 0 Å². The molecule has 0 saturated heterocycles. The molecule has 1 heteroatoms. The van der Waals surface area contributed by atoms with E-state index in [9.17, 15) is 0 Å². The minimum Gasteiger partial charge on any atom is -0.206 e. The molecule has 0 aliphatic heterocycles. The number of hydrogen-bond acceptors (Lipinski definition) is 0. The van der Waals surface area contributed by atoms with Gasteiger partial charge in [-0.2, -0.15) is 0 Å². The maximum atomic E-state index is 15.3. The average molecular weight is 371 g/mol. The first-order valence-corrected chi connectivity index (χ1v) is 10.7. The highest BCUT2D eigenvalue weighted by Crippen LogP contribution is 2.33. The van der Waals surface area contributed by atoms with Gasteiger partial charge in [0, 0.05) is 5.56 Å². The molecular formula is C26H35F. The Hall–Kier alpha value is -1.63. The van der Waals surface area contributed by atoms with Crippen molar-refractivity contribution in [2.75, 3.05) is 0 Å². The minimum absolute atomic E-state index is 0.0573. The monoisotopic (exact) mass is 370 g/mol. The van der Waals surface area contributed by atoms with Gasteiger partial charge in [-0.25, -0.2) is 4.39 Å². The predicted molar refractivity (Wildman–Crippen MR) is 115 cm³/mol. The lowest BCUT2D eigenvalue weighted by atomic mass is 9.78. The molecule has 2 aromatic rings. The van der Waals surface area contributed by atoms with Crippen LogP contribution in [-0.2, 0) is 12.8 Å². The van der Waals surface area contributed by atoms with E-state index in [1.165, 1.54) is 32.1 Å². The van der Waals surface area contributed by atoms with Crippen LogP contribution in [0.5, 0.6) is 0 Å². The molecule has 27 heavy (non-hydrogen) atoms. The van der Waals surface area contributed by atoms with Crippen LogP contribution in [0.3, 0.4) is 0 Å². The van der Waals surface area contributed by atoms with Gasteiger partial charge in [0.25, 0.3) is 0 Å². The average Bonchev–Trinajstić information content (AvgIpc) is 2.78. The fourth-order valence-corrected chi connectivity index (χ4v) is 4.16. The molecule has 0 nitrogen and oxygen atoms in total. The third-order valence-electron chi connectivity index (χ3n) is 6.13. The molecule has 1 aliphatic carbocycles. The van der Waals surface area contributed by atoms with Gasteiger partial charge in [-0.3, -0.25) is 0 Å². The van der Waals surface area contributed by atoms with Crippen molar-refractivity contribution in [1.29, 1.82) is 0 Å². The summed E-state index contributed by atoms with van der Waals surface area (Å²) in [7, 11) is 0. The molecule has 0 amide bonds. The van der Waals surface area contributed by atoms with Gasteiger partial charge in [-0.15, -0.1) is 0 Å². The van der Waals surface area contributed by atoms with Crippen LogP contribution in [0.2, 0.25) is 0 Å². The van der Waals surface area contributed by atoms with E-state index in [-0.39, 0.29) is 29.7 Å². The Morgan fingerprint density at radius 2 is 1.70 bits per heavy atom. The molecule has 3 rings (SSSR count). The van der Waals surface area contributed by atoms with Gasteiger partial charge >= 0.3 is 0 Å². The van der Waals surface area contributed by atoms with Crippen molar-refractivity contribution in [3.8, 4) is 11.1 Å². The minimum atomic E-state index is -0.763. The quantitative estimate of drug-likeness (QED) is 0.442. The Bertz CT molecular complexity index is 872. The molecule has 1 saturated carbocycles. The van der Waals surface area contributed by atoms with Crippen molar-refractivity contribution < 1.29 is 9.87 Å². The van der Waals surface area contributed by atoms with E-state index in [1.807, 2.05) is 6.07 Å².